The first kappa shape index (κ1) is 9.74. The first-order valence-corrected chi connectivity index (χ1v) is 4.67. The average Bonchev–Trinajstić information content (AvgIpc) is 2.04. The molecule has 0 aliphatic carbocycles. The molecule has 1 aliphatic rings. The van der Waals surface area contributed by atoms with Crippen molar-refractivity contribution >= 4 is 17.3 Å². The average molecular weight is 187 g/mol. The van der Waals surface area contributed by atoms with Crippen molar-refractivity contribution in [1.82, 2.24) is 14.7 Å². The zero-order valence-corrected chi connectivity index (χ0v) is 8.89. The molecule has 0 bridgehead atoms. The molecule has 0 amide bonds. The number of rotatable bonds is 0. The van der Waals surface area contributed by atoms with Gasteiger partial charge in [-0.15, -0.1) is 0 Å². The third-order valence-electron chi connectivity index (χ3n) is 2.16. The predicted octanol–water partition coefficient (Wildman–Crippen LogP) is 0.0803. The highest BCUT2D eigenvalue weighted by molar-refractivity contribution is 7.80. The Hall–Kier alpha value is -0.350. The maximum Gasteiger partial charge on any atom is 0.171 e. The molecule has 1 rings (SSSR count). The van der Waals surface area contributed by atoms with Crippen molar-refractivity contribution in [2.45, 2.75) is 0 Å². The van der Waals surface area contributed by atoms with Gasteiger partial charge in [-0.2, -0.15) is 0 Å². The lowest BCUT2D eigenvalue weighted by atomic mass is 10.3. The molecule has 0 aromatic carbocycles. The van der Waals surface area contributed by atoms with Crippen LogP contribution in [0.1, 0.15) is 0 Å². The maximum atomic E-state index is 5.27. The van der Waals surface area contributed by atoms with E-state index < -0.39 is 0 Å². The van der Waals surface area contributed by atoms with Gasteiger partial charge in [0.25, 0.3) is 0 Å². The predicted molar refractivity (Wildman–Crippen MR) is 55.4 cm³/mol. The van der Waals surface area contributed by atoms with E-state index >= 15 is 0 Å². The van der Waals surface area contributed by atoms with Crippen LogP contribution in [0.5, 0.6) is 0 Å². The van der Waals surface area contributed by atoms with Crippen LogP contribution in [-0.4, -0.2) is 67.1 Å². The van der Waals surface area contributed by atoms with E-state index in [0.29, 0.717) is 0 Å². The summed E-state index contributed by atoms with van der Waals surface area (Å²) in [6.07, 6.45) is 0. The molecule has 0 aromatic rings. The van der Waals surface area contributed by atoms with Crippen LogP contribution in [0.25, 0.3) is 0 Å². The lowest BCUT2D eigenvalue weighted by molar-refractivity contribution is 0.207. The van der Waals surface area contributed by atoms with Crippen LogP contribution in [0.4, 0.5) is 0 Å². The highest BCUT2D eigenvalue weighted by Crippen LogP contribution is 2.01. The van der Waals surface area contributed by atoms with Crippen molar-refractivity contribution in [3.8, 4) is 0 Å². The molecule has 0 aromatic heterocycles. The molecule has 12 heavy (non-hydrogen) atoms. The third kappa shape index (κ3) is 2.32. The molecular weight excluding hydrogens is 170 g/mol. The molecular formula is C8H17N3S. The van der Waals surface area contributed by atoms with E-state index in [1.54, 1.807) is 0 Å². The Labute approximate surface area is 79.9 Å². The second-order valence-electron chi connectivity index (χ2n) is 3.47. The molecule has 0 spiro atoms. The number of likely N-dealkylation sites (N-methyl/N-ethyl adjacent to an activating group) is 1. The van der Waals surface area contributed by atoms with Crippen molar-refractivity contribution in [1.29, 1.82) is 0 Å². The summed E-state index contributed by atoms with van der Waals surface area (Å²) >= 11 is 5.27. The highest BCUT2D eigenvalue weighted by atomic mass is 32.1. The van der Waals surface area contributed by atoms with Gasteiger partial charge in [-0.25, -0.2) is 0 Å². The maximum absolute atomic E-state index is 5.27. The highest BCUT2D eigenvalue weighted by Gasteiger charge is 2.16. The molecule has 0 saturated carbocycles. The van der Waals surface area contributed by atoms with Crippen molar-refractivity contribution in [3.63, 3.8) is 0 Å². The minimum absolute atomic E-state index is 0.961. The molecule has 0 N–H and O–H groups in total. The van der Waals surface area contributed by atoms with E-state index in [0.717, 1.165) is 31.3 Å². The topological polar surface area (TPSA) is 9.72 Å². The summed E-state index contributed by atoms with van der Waals surface area (Å²) in [4.78, 5) is 6.59. The quantitative estimate of drug-likeness (QED) is 0.497. The number of piperazine rings is 1. The van der Waals surface area contributed by atoms with Crippen LogP contribution in [0.2, 0.25) is 0 Å². The monoisotopic (exact) mass is 187 g/mol. The second kappa shape index (κ2) is 4.05. The van der Waals surface area contributed by atoms with Gasteiger partial charge in [0.05, 0.1) is 0 Å². The number of nitrogens with zero attached hydrogens (tertiary/aromatic N) is 3. The van der Waals surface area contributed by atoms with Crippen molar-refractivity contribution < 1.29 is 0 Å². The molecule has 4 heteroatoms. The smallest absolute Gasteiger partial charge is 0.171 e. The van der Waals surface area contributed by atoms with Crippen LogP contribution >= 0.6 is 12.2 Å². The van der Waals surface area contributed by atoms with Crippen molar-refractivity contribution in [2.24, 2.45) is 0 Å². The minimum Gasteiger partial charge on any atom is -0.355 e. The molecule has 0 radical (unpaired) electrons. The van der Waals surface area contributed by atoms with Crippen LogP contribution in [0.3, 0.4) is 0 Å². The minimum atomic E-state index is 0.961. The van der Waals surface area contributed by atoms with Gasteiger partial charge in [0.1, 0.15) is 0 Å². The second-order valence-corrected chi connectivity index (χ2v) is 3.83. The van der Waals surface area contributed by atoms with Gasteiger partial charge in [0.15, 0.2) is 5.11 Å². The van der Waals surface area contributed by atoms with Crippen LogP contribution in [0.15, 0.2) is 0 Å². The van der Waals surface area contributed by atoms with Gasteiger partial charge in [0.2, 0.25) is 0 Å². The molecule has 0 unspecified atom stereocenters. The molecule has 1 aliphatic heterocycles. The third-order valence-corrected chi connectivity index (χ3v) is 2.78. The van der Waals surface area contributed by atoms with E-state index in [1.807, 2.05) is 19.0 Å². The summed E-state index contributed by atoms with van der Waals surface area (Å²) in [7, 11) is 6.15. The SMILES string of the molecule is CN1CCN(C(=S)N(C)C)CC1. The van der Waals surface area contributed by atoms with Gasteiger partial charge in [-0.3, -0.25) is 0 Å². The van der Waals surface area contributed by atoms with Crippen molar-refractivity contribution in [3.05, 3.63) is 0 Å². The van der Waals surface area contributed by atoms with E-state index in [9.17, 15) is 0 Å². The molecule has 3 nitrogen and oxygen atoms in total. The molecule has 0 atom stereocenters. The fourth-order valence-electron chi connectivity index (χ4n) is 1.28. The fraction of sp³-hybridized carbons (Fsp3) is 0.875. The first-order valence-electron chi connectivity index (χ1n) is 4.26. The van der Waals surface area contributed by atoms with E-state index in [2.05, 4.69) is 16.8 Å². The Morgan fingerprint density at radius 3 is 2.08 bits per heavy atom. The lowest BCUT2D eigenvalue weighted by Gasteiger charge is -2.36. The van der Waals surface area contributed by atoms with Gasteiger partial charge in [-0.05, 0) is 19.3 Å². The Bertz CT molecular complexity index is 162. The summed E-state index contributed by atoms with van der Waals surface area (Å²) < 4.78 is 0. The van der Waals surface area contributed by atoms with Crippen LogP contribution in [-0.2, 0) is 0 Å². The Kier molecular flexibility index (Phi) is 3.29. The van der Waals surface area contributed by atoms with Crippen molar-refractivity contribution in [2.75, 3.05) is 47.3 Å². The summed E-state index contributed by atoms with van der Waals surface area (Å²) in [5, 5.41) is 0.961. The largest absolute Gasteiger partial charge is 0.355 e. The Morgan fingerprint density at radius 2 is 1.67 bits per heavy atom. The normalized spacial score (nSPS) is 19.4. The zero-order valence-electron chi connectivity index (χ0n) is 8.08. The summed E-state index contributed by atoms with van der Waals surface area (Å²) in [6.45, 7) is 4.36. The number of thiocarbonyl (C=S) groups is 1. The van der Waals surface area contributed by atoms with Gasteiger partial charge in [-0.1, -0.05) is 0 Å². The molecule has 1 fully saturated rings. The fourth-order valence-corrected chi connectivity index (χ4v) is 1.46. The molecule has 1 saturated heterocycles. The van der Waals surface area contributed by atoms with E-state index in [1.165, 1.54) is 0 Å². The number of hydrogen-bond donors (Lipinski definition) is 0. The zero-order chi connectivity index (χ0) is 9.14. The summed E-state index contributed by atoms with van der Waals surface area (Å²) in [5.74, 6) is 0. The Morgan fingerprint density at radius 1 is 1.17 bits per heavy atom. The lowest BCUT2D eigenvalue weighted by Crippen LogP contribution is -2.50. The van der Waals surface area contributed by atoms with Crippen LogP contribution in [0, 0.1) is 0 Å². The van der Waals surface area contributed by atoms with Gasteiger partial charge >= 0.3 is 0 Å². The standard InChI is InChI=1S/C8H17N3S/c1-9(2)8(12)11-6-4-10(3)5-7-11/h4-7H2,1-3H3. The first-order chi connectivity index (χ1) is 5.61. The van der Waals surface area contributed by atoms with Gasteiger partial charge < -0.3 is 14.7 Å². The summed E-state index contributed by atoms with van der Waals surface area (Å²) in [5.41, 5.74) is 0. The van der Waals surface area contributed by atoms with Crippen LogP contribution < -0.4 is 0 Å². The van der Waals surface area contributed by atoms with Gasteiger partial charge in [0, 0.05) is 40.3 Å². The van der Waals surface area contributed by atoms with E-state index in [-0.39, 0.29) is 0 Å². The molecule has 1 heterocycles. The molecule has 70 valence electrons. The number of hydrogen-bond acceptors (Lipinski definition) is 2. The summed E-state index contributed by atoms with van der Waals surface area (Å²) in [6, 6.07) is 0. The Balaban J connectivity index is 2.39. The van der Waals surface area contributed by atoms with E-state index in [4.69, 9.17) is 12.2 Å².